The molecule has 2 N–H and O–H groups in total. The van der Waals surface area contributed by atoms with E-state index in [1.807, 2.05) is 6.26 Å². The normalized spacial score (nSPS) is 14.0. The van der Waals surface area contributed by atoms with Crippen molar-refractivity contribution < 1.29 is 27.1 Å². The number of sulfonamides is 1. The molecule has 28 heavy (non-hydrogen) atoms. The van der Waals surface area contributed by atoms with Crippen LogP contribution in [-0.2, 0) is 10.0 Å². The van der Waals surface area contributed by atoms with Gasteiger partial charge in [-0.05, 0) is 45.2 Å². The Labute approximate surface area is 168 Å². The van der Waals surface area contributed by atoms with Crippen molar-refractivity contribution in [1.82, 2.24) is 4.72 Å². The molecule has 0 aliphatic carbocycles. The fourth-order valence-corrected chi connectivity index (χ4v) is 4.47. The van der Waals surface area contributed by atoms with Gasteiger partial charge in [-0.2, -0.15) is 0 Å². The molecular weight excluding hydrogens is 404 g/mol. The number of thioether (sulfide) groups is 1. The molecule has 0 fully saturated rings. The van der Waals surface area contributed by atoms with Gasteiger partial charge in [0.05, 0.1) is 5.69 Å². The van der Waals surface area contributed by atoms with E-state index in [1.54, 1.807) is 32.9 Å². The first kappa shape index (κ1) is 20.6. The van der Waals surface area contributed by atoms with Crippen LogP contribution in [0.15, 0.2) is 38.7 Å². The van der Waals surface area contributed by atoms with E-state index >= 15 is 0 Å². The van der Waals surface area contributed by atoms with Crippen LogP contribution in [0.3, 0.4) is 0 Å². The van der Waals surface area contributed by atoms with Crippen LogP contribution in [-0.4, -0.2) is 39.3 Å². The fraction of sp³-hybridized carbons (Fsp3) is 0.389. The van der Waals surface area contributed by atoms with Crippen LogP contribution in [0.2, 0.25) is 0 Å². The summed E-state index contributed by atoms with van der Waals surface area (Å²) in [5.74, 6) is 0.477. The largest absolute Gasteiger partial charge is 0.486 e. The molecule has 1 aromatic heterocycles. The van der Waals surface area contributed by atoms with Crippen molar-refractivity contribution in [3.63, 3.8) is 0 Å². The Morgan fingerprint density at radius 2 is 1.75 bits per heavy atom. The molecular formula is C18H22N2O6S2. The van der Waals surface area contributed by atoms with Gasteiger partial charge in [0.25, 0.3) is 15.9 Å². The molecule has 0 unspecified atom stereocenters. The van der Waals surface area contributed by atoms with Gasteiger partial charge in [0.15, 0.2) is 17.3 Å². The van der Waals surface area contributed by atoms with Gasteiger partial charge in [-0.1, -0.05) is 0 Å². The Morgan fingerprint density at radius 1 is 1.11 bits per heavy atom. The third-order valence-electron chi connectivity index (χ3n) is 3.62. The molecule has 0 bridgehead atoms. The van der Waals surface area contributed by atoms with Crippen molar-refractivity contribution >= 4 is 33.4 Å². The van der Waals surface area contributed by atoms with Gasteiger partial charge in [-0.25, -0.2) is 13.1 Å². The number of hydrogen-bond acceptors (Lipinski definition) is 7. The van der Waals surface area contributed by atoms with E-state index in [4.69, 9.17) is 13.9 Å². The monoisotopic (exact) mass is 426 g/mol. The van der Waals surface area contributed by atoms with E-state index in [9.17, 15) is 13.2 Å². The second-order valence-electron chi connectivity index (χ2n) is 7.12. The average Bonchev–Trinajstić information content (AvgIpc) is 3.10. The van der Waals surface area contributed by atoms with Gasteiger partial charge in [0.1, 0.15) is 13.2 Å². The number of benzene rings is 1. The SMILES string of the molecule is CSc1cc2c(cc1NC(=O)c1ccc(S(=O)(=O)NC(C)(C)C)o1)OCCO2. The molecule has 0 saturated heterocycles. The molecule has 0 spiro atoms. The van der Waals surface area contributed by atoms with Crippen molar-refractivity contribution in [3.05, 3.63) is 30.0 Å². The molecule has 0 atom stereocenters. The number of hydrogen-bond donors (Lipinski definition) is 2. The van der Waals surface area contributed by atoms with Crippen LogP contribution >= 0.6 is 11.8 Å². The second-order valence-corrected chi connectivity index (χ2v) is 9.59. The lowest BCUT2D eigenvalue weighted by Gasteiger charge is -2.20. The highest BCUT2D eigenvalue weighted by molar-refractivity contribution is 7.98. The lowest BCUT2D eigenvalue weighted by atomic mass is 10.1. The fourth-order valence-electron chi connectivity index (χ4n) is 2.56. The lowest BCUT2D eigenvalue weighted by Crippen LogP contribution is -2.40. The number of carbonyl (C=O) groups excluding carboxylic acids is 1. The Bertz CT molecular complexity index is 992. The minimum Gasteiger partial charge on any atom is -0.486 e. The predicted octanol–water partition coefficient (Wildman–Crippen LogP) is 3.10. The highest BCUT2D eigenvalue weighted by Crippen LogP contribution is 2.39. The molecule has 2 aromatic rings. The molecule has 1 aromatic carbocycles. The van der Waals surface area contributed by atoms with Crippen LogP contribution in [0, 0.1) is 0 Å². The summed E-state index contributed by atoms with van der Waals surface area (Å²) in [4.78, 5) is 13.4. The Hall–Kier alpha value is -2.17. The van der Waals surface area contributed by atoms with Crippen molar-refractivity contribution in [2.45, 2.75) is 36.3 Å². The summed E-state index contributed by atoms with van der Waals surface area (Å²) < 4.78 is 43.5. The quantitative estimate of drug-likeness (QED) is 0.708. The molecule has 1 amide bonds. The summed E-state index contributed by atoms with van der Waals surface area (Å²) in [7, 11) is -3.87. The molecule has 1 aliphatic heterocycles. The van der Waals surface area contributed by atoms with Crippen molar-refractivity contribution in [3.8, 4) is 11.5 Å². The minimum absolute atomic E-state index is 0.115. The number of anilines is 1. The Morgan fingerprint density at radius 3 is 2.36 bits per heavy atom. The Kier molecular flexibility index (Phi) is 5.64. The van der Waals surface area contributed by atoms with Gasteiger partial charge < -0.3 is 19.2 Å². The zero-order valence-corrected chi connectivity index (χ0v) is 17.6. The summed E-state index contributed by atoms with van der Waals surface area (Å²) in [5.41, 5.74) is -0.151. The van der Waals surface area contributed by atoms with Crippen LogP contribution in [0.5, 0.6) is 11.5 Å². The van der Waals surface area contributed by atoms with Crippen molar-refractivity contribution in [1.29, 1.82) is 0 Å². The summed E-state index contributed by atoms with van der Waals surface area (Å²) in [6, 6.07) is 6.05. The maximum absolute atomic E-state index is 12.6. The molecule has 2 heterocycles. The summed E-state index contributed by atoms with van der Waals surface area (Å²) >= 11 is 1.43. The van der Waals surface area contributed by atoms with E-state index in [0.29, 0.717) is 30.4 Å². The van der Waals surface area contributed by atoms with E-state index < -0.39 is 21.5 Å². The first-order valence-corrected chi connectivity index (χ1v) is 11.2. The smallest absolute Gasteiger partial charge is 0.291 e. The van der Waals surface area contributed by atoms with E-state index in [0.717, 1.165) is 4.90 Å². The summed E-state index contributed by atoms with van der Waals surface area (Å²) in [6.45, 7) is 6.05. The molecule has 1 aliphatic rings. The van der Waals surface area contributed by atoms with Gasteiger partial charge in [0.2, 0.25) is 5.09 Å². The maximum atomic E-state index is 12.6. The number of furan rings is 1. The lowest BCUT2D eigenvalue weighted by molar-refractivity contribution is 0.0991. The molecule has 8 nitrogen and oxygen atoms in total. The highest BCUT2D eigenvalue weighted by Gasteiger charge is 2.26. The predicted molar refractivity (Wildman–Crippen MR) is 106 cm³/mol. The first-order valence-electron chi connectivity index (χ1n) is 8.52. The zero-order valence-electron chi connectivity index (χ0n) is 16.0. The van der Waals surface area contributed by atoms with Gasteiger partial charge in [-0.3, -0.25) is 4.79 Å². The first-order chi connectivity index (χ1) is 13.1. The van der Waals surface area contributed by atoms with Crippen LogP contribution in [0.25, 0.3) is 0 Å². The van der Waals surface area contributed by atoms with Crippen molar-refractivity contribution in [2.24, 2.45) is 0 Å². The third kappa shape index (κ3) is 4.62. The second kappa shape index (κ2) is 7.69. The maximum Gasteiger partial charge on any atom is 0.291 e. The van der Waals surface area contributed by atoms with Gasteiger partial charge in [0, 0.05) is 16.5 Å². The number of fused-ring (bicyclic) bond motifs is 1. The van der Waals surface area contributed by atoms with E-state index in [1.165, 1.54) is 23.9 Å². The highest BCUT2D eigenvalue weighted by atomic mass is 32.2. The number of nitrogens with one attached hydrogen (secondary N) is 2. The van der Waals surface area contributed by atoms with Crippen molar-refractivity contribution in [2.75, 3.05) is 24.8 Å². The topological polar surface area (TPSA) is 107 Å². The molecule has 152 valence electrons. The van der Waals surface area contributed by atoms with Gasteiger partial charge >= 0.3 is 0 Å². The molecule has 3 rings (SSSR count). The number of rotatable bonds is 5. The standard InChI is InChI=1S/C18H22N2O6S2/c1-18(2,3)20-28(22,23)16-6-5-12(26-16)17(21)19-11-9-13-14(10-15(11)27-4)25-8-7-24-13/h5-6,9-10,20H,7-8H2,1-4H3,(H,19,21). The van der Waals surface area contributed by atoms with E-state index in [2.05, 4.69) is 10.0 Å². The van der Waals surface area contributed by atoms with E-state index in [-0.39, 0.29) is 10.9 Å². The average molecular weight is 427 g/mol. The third-order valence-corrected chi connectivity index (χ3v) is 6.03. The molecule has 0 saturated carbocycles. The summed E-state index contributed by atoms with van der Waals surface area (Å²) in [6.07, 6.45) is 1.87. The zero-order chi connectivity index (χ0) is 20.5. The summed E-state index contributed by atoms with van der Waals surface area (Å²) in [5, 5.41) is 2.42. The van der Waals surface area contributed by atoms with Crippen LogP contribution in [0.4, 0.5) is 5.69 Å². The number of ether oxygens (including phenoxy) is 2. The Balaban J connectivity index is 1.82. The minimum atomic E-state index is -3.87. The molecule has 0 radical (unpaired) electrons. The number of amides is 1. The number of carbonyl (C=O) groups is 1. The van der Waals surface area contributed by atoms with Crippen LogP contribution < -0.4 is 19.5 Å². The van der Waals surface area contributed by atoms with Gasteiger partial charge in [-0.15, -0.1) is 11.8 Å². The molecule has 10 heteroatoms. The van der Waals surface area contributed by atoms with Crippen LogP contribution in [0.1, 0.15) is 31.3 Å².